The summed E-state index contributed by atoms with van der Waals surface area (Å²) in [6.07, 6.45) is 0.520. The molecule has 1 aliphatic heterocycles. The van der Waals surface area contributed by atoms with Crippen molar-refractivity contribution >= 4 is 17.2 Å². The largest absolute Gasteiger partial charge is 0.340 e. The molecular weight excluding hydrogens is 292 g/mol. The van der Waals surface area contributed by atoms with Crippen LogP contribution in [-0.2, 0) is 17.8 Å². The average Bonchev–Trinajstić information content (AvgIpc) is 3.01. The van der Waals surface area contributed by atoms with Gasteiger partial charge in [0, 0.05) is 32.7 Å². The van der Waals surface area contributed by atoms with Crippen LogP contribution in [0.5, 0.6) is 0 Å². The highest BCUT2D eigenvalue weighted by Gasteiger charge is 2.21. The second kappa shape index (κ2) is 7.07. The Morgan fingerprint density at radius 2 is 1.95 bits per heavy atom. The van der Waals surface area contributed by atoms with Crippen LogP contribution in [0.15, 0.2) is 41.1 Å². The molecule has 1 aromatic heterocycles. The summed E-state index contributed by atoms with van der Waals surface area (Å²) in [6, 6.07) is 10.4. The van der Waals surface area contributed by atoms with Crippen molar-refractivity contribution in [1.82, 2.24) is 9.80 Å². The van der Waals surface area contributed by atoms with Gasteiger partial charge in [-0.25, -0.2) is 0 Å². The lowest BCUT2D eigenvalue weighted by Crippen LogP contribution is -2.48. The van der Waals surface area contributed by atoms with Crippen LogP contribution in [-0.4, -0.2) is 41.9 Å². The normalized spacial score (nSPS) is 16.0. The van der Waals surface area contributed by atoms with Gasteiger partial charge in [-0.15, -0.1) is 0 Å². The number of hydrogen-bond acceptors (Lipinski definition) is 3. The Morgan fingerprint density at radius 3 is 2.64 bits per heavy atom. The Labute approximate surface area is 136 Å². The standard InChI is InChI=1S/C18H22N2OS/c1-15-3-2-4-16(11-15)12-18(21)20-8-6-19(7-9-20)13-17-5-10-22-14-17/h2-5,10-11,14H,6-9,12-13H2,1H3. The van der Waals surface area contributed by atoms with E-state index in [0.717, 1.165) is 38.3 Å². The molecule has 0 atom stereocenters. The molecule has 1 fully saturated rings. The van der Waals surface area contributed by atoms with E-state index in [1.807, 2.05) is 17.0 Å². The topological polar surface area (TPSA) is 23.6 Å². The molecule has 1 aromatic carbocycles. The molecule has 0 aliphatic carbocycles. The lowest BCUT2D eigenvalue weighted by molar-refractivity contribution is -0.132. The van der Waals surface area contributed by atoms with Gasteiger partial charge in [0.1, 0.15) is 0 Å². The minimum Gasteiger partial charge on any atom is -0.340 e. The minimum atomic E-state index is 0.251. The molecule has 0 bridgehead atoms. The van der Waals surface area contributed by atoms with Gasteiger partial charge >= 0.3 is 0 Å². The van der Waals surface area contributed by atoms with Crippen LogP contribution in [0.3, 0.4) is 0 Å². The number of piperazine rings is 1. The molecule has 116 valence electrons. The smallest absolute Gasteiger partial charge is 0.227 e. The zero-order chi connectivity index (χ0) is 15.4. The fraction of sp³-hybridized carbons (Fsp3) is 0.389. The quantitative estimate of drug-likeness (QED) is 0.866. The lowest BCUT2D eigenvalue weighted by Gasteiger charge is -2.34. The van der Waals surface area contributed by atoms with E-state index in [1.165, 1.54) is 11.1 Å². The summed E-state index contributed by atoms with van der Waals surface area (Å²) in [6.45, 7) is 6.69. The number of thiophene rings is 1. The van der Waals surface area contributed by atoms with Crippen LogP contribution in [0.25, 0.3) is 0 Å². The van der Waals surface area contributed by atoms with Crippen LogP contribution in [0.2, 0.25) is 0 Å². The SMILES string of the molecule is Cc1cccc(CC(=O)N2CCN(Cc3ccsc3)CC2)c1. The number of carbonyl (C=O) groups is 1. The second-order valence-corrected chi connectivity index (χ2v) is 6.73. The van der Waals surface area contributed by atoms with E-state index in [-0.39, 0.29) is 5.91 Å². The van der Waals surface area contributed by atoms with Crippen molar-refractivity contribution in [2.45, 2.75) is 19.9 Å². The molecule has 22 heavy (non-hydrogen) atoms. The molecule has 2 aromatic rings. The predicted molar refractivity (Wildman–Crippen MR) is 91.1 cm³/mol. The lowest BCUT2D eigenvalue weighted by atomic mass is 10.1. The van der Waals surface area contributed by atoms with Crippen LogP contribution in [0.1, 0.15) is 16.7 Å². The summed E-state index contributed by atoms with van der Waals surface area (Å²) >= 11 is 1.74. The van der Waals surface area contributed by atoms with E-state index in [0.29, 0.717) is 6.42 Å². The van der Waals surface area contributed by atoms with Crippen LogP contribution in [0.4, 0.5) is 0 Å². The molecule has 1 amide bonds. The molecule has 0 spiro atoms. The molecule has 1 aliphatic rings. The van der Waals surface area contributed by atoms with Crippen molar-refractivity contribution in [2.75, 3.05) is 26.2 Å². The fourth-order valence-corrected chi connectivity index (χ4v) is 3.56. The molecule has 0 unspecified atom stereocenters. The zero-order valence-corrected chi connectivity index (χ0v) is 13.8. The Morgan fingerprint density at radius 1 is 1.14 bits per heavy atom. The van der Waals surface area contributed by atoms with E-state index in [1.54, 1.807) is 11.3 Å². The Hall–Kier alpha value is -1.65. The van der Waals surface area contributed by atoms with Gasteiger partial charge in [0.2, 0.25) is 5.91 Å². The molecule has 3 rings (SSSR count). The van der Waals surface area contributed by atoms with Crippen LogP contribution < -0.4 is 0 Å². The summed E-state index contributed by atoms with van der Waals surface area (Å²) in [4.78, 5) is 16.8. The van der Waals surface area contributed by atoms with Gasteiger partial charge < -0.3 is 4.90 Å². The third-order valence-electron chi connectivity index (χ3n) is 4.15. The third kappa shape index (κ3) is 3.96. The maximum absolute atomic E-state index is 12.4. The molecule has 0 N–H and O–H groups in total. The van der Waals surface area contributed by atoms with Crippen molar-refractivity contribution < 1.29 is 4.79 Å². The number of amides is 1. The summed E-state index contributed by atoms with van der Waals surface area (Å²) < 4.78 is 0. The average molecular weight is 314 g/mol. The van der Waals surface area contributed by atoms with Gasteiger partial charge in [-0.2, -0.15) is 11.3 Å². The number of aryl methyl sites for hydroxylation is 1. The first kappa shape index (κ1) is 15.3. The van der Waals surface area contributed by atoms with E-state index in [4.69, 9.17) is 0 Å². The first-order valence-corrected chi connectivity index (χ1v) is 8.72. The van der Waals surface area contributed by atoms with Crippen molar-refractivity contribution in [3.63, 3.8) is 0 Å². The van der Waals surface area contributed by atoms with Crippen LogP contribution in [0, 0.1) is 6.92 Å². The fourth-order valence-electron chi connectivity index (χ4n) is 2.90. The van der Waals surface area contributed by atoms with Crippen molar-refractivity contribution in [3.8, 4) is 0 Å². The summed E-state index contributed by atoms with van der Waals surface area (Å²) in [7, 11) is 0. The second-order valence-electron chi connectivity index (χ2n) is 5.95. The highest BCUT2D eigenvalue weighted by atomic mass is 32.1. The van der Waals surface area contributed by atoms with Gasteiger partial charge in [0.25, 0.3) is 0 Å². The van der Waals surface area contributed by atoms with Crippen molar-refractivity contribution in [3.05, 3.63) is 57.8 Å². The van der Waals surface area contributed by atoms with Gasteiger partial charge in [-0.1, -0.05) is 29.8 Å². The molecular formula is C18H22N2OS. The van der Waals surface area contributed by atoms with E-state index in [2.05, 4.69) is 40.8 Å². The summed E-state index contributed by atoms with van der Waals surface area (Å²) in [5.41, 5.74) is 3.71. The monoisotopic (exact) mass is 314 g/mol. The highest BCUT2D eigenvalue weighted by molar-refractivity contribution is 7.07. The van der Waals surface area contributed by atoms with E-state index in [9.17, 15) is 4.79 Å². The van der Waals surface area contributed by atoms with E-state index >= 15 is 0 Å². The molecule has 3 nitrogen and oxygen atoms in total. The number of nitrogens with zero attached hydrogens (tertiary/aromatic N) is 2. The van der Waals surface area contributed by atoms with Gasteiger partial charge in [0.05, 0.1) is 6.42 Å². The summed E-state index contributed by atoms with van der Waals surface area (Å²) in [5, 5.41) is 4.33. The Balaban J connectivity index is 1.49. The minimum absolute atomic E-state index is 0.251. The maximum Gasteiger partial charge on any atom is 0.227 e. The maximum atomic E-state index is 12.4. The Kier molecular flexibility index (Phi) is 4.90. The van der Waals surface area contributed by atoms with Crippen molar-refractivity contribution in [1.29, 1.82) is 0 Å². The first-order chi connectivity index (χ1) is 10.7. The van der Waals surface area contributed by atoms with Crippen LogP contribution >= 0.6 is 11.3 Å². The van der Waals surface area contributed by atoms with Gasteiger partial charge in [0.15, 0.2) is 0 Å². The number of hydrogen-bond donors (Lipinski definition) is 0. The number of rotatable bonds is 4. The highest BCUT2D eigenvalue weighted by Crippen LogP contribution is 2.13. The first-order valence-electron chi connectivity index (χ1n) is 7.77. The number of carbonyl (C=O) groups excluding carboxylic acids is 1. The van der Waals surface area contributed by atoms with Gasteiger partial charge in [-0.3, -0.25) is 9.69 Å². The molecule has 0 saturated carbocycles. The van der Waals surface area contributed by atoms with Crippen molar-refractivity contribution in [2.24, 2.45) is 0 Å². The third-order valence-corrected chi connectivity index (χ3v) is 4.88. The predicted octanol–water partition coefficient (Wildman–Crippen LogP) is 2.94. The van der Waals surface area contributed by atoms with Gasteiger partial charge in [-0.05, 0) is 34.9 Å². The number of benzene rings is 1. The molecule has 4 heteroatoms. The zero-order valence-electron chi connectivity index (χ0n) is 13.0. The Bertz CT molecular complexity index is 616. The molecule has 1 saturated heterocycles. The molecule has 0 radical (unpaired) electrons. The molecule has 2 heterocycles. The summed E-state index contributed by atoms with van der Waals surface area (Å²) in [5.74, 6) is 0.251. The van der Waals surface area contributed by atoms with E-state index < -0.39 is 0 Å².